The van der Waals surface area contributed by atoms with Crippen molar-refractivity contribution in [2.45, 2.75) is 38.0 Å². The molecule has 214 valence electrons. The highest BCUT2D eigenvalue weighted by Crippen LogP contribution is 2.30. The zero-order valence-corrected chi connectivity index (χ0v) is 24.4. The molecule has 1 aromatic heterocycles. The Balaban J connectivity index is 1.24. The Labute approximate surface area is 242 Å². The fourth-order valence-electron chi connectivity index (χ4n) is 6.05. The summed E-state index contributed by atoms with van der Waals surface area (Å²) in [5, 5.41) is 14.9. The number of nitrogens with zero attached hydrogens (tertiary/aromatic N) is 5. The van der Waals surface area contributed by atoms with E-state index in [0.717, 1.165) is 54.7 Å². The van der Waals surface area contributed by atoms with Crippen LogP contribution in [0.4, 0.5) is 11.4 Å². The second kappa shape index (κ2) is 11.9. The van der Waals surface area contributed by atoms with Crippen LogP contribution in [0.1, 0.15) is 45.5 Å². The predicted octanol–water partition coefficient (Wildman–Crippen LogP) is 3.64. The first kappa shape index (κ1) is 28.6. The lowest BCUT2D eigenvalue weighted by atomic mass is 9.86. The van der Waals surface area contributed by atoms with Crippen molar-refractivity contribution >= 4 is 27.3 Å². The number of aromatic nitrogens is 1. The summed E-state index contributed by atoms with van der Waals surface area (Å²) in [6.45, 7) is 7.90. The molecule has 2 saturated heterocycles. The molecule has 2 fully saturated rings. The standard InChI is InChI=1S/C31H36N6O3S/c1-22-17-23(2)27(19-26(22)18-24-8-11-35(12-9-24)28-6-4-3-5-25(28)20-32)31(38)37-15-13-36(14-16-37)29-7-10-34-21-30(29)41(33,39)40/h3-7,10,17,19,21,24H,8-9,11-16,18H2,1-2H3,(H2,33,39,40). The van der Waals surface area contributed by atoms with Crippen molar-refractivity contribution in [3.05, 3.63) is 82.7 Å². The molecule has 0 bridgehead atoms. The number of rotatable bonds is 6. The van der Waals surface area contributed by atoms with E-state index in [9.17, 15) is 18.5 Å². The summed E-state index contributed by atoms with van der Waals surface area (Å²) in [5.74, 6) is 0.523. The largest absolute Gasteiger partial charge is 0.370 e. The summed E-state index contributed by atoms with van der Waals surface area (Å²) < 4.78 is 24.1. The summed E-state index contributed by atoms with van der Waals surface area (Å²) in [6, 6.07) is 15.9. The van der Waals surface area contributed by atoms with Gasteiger partial charge in [0, 0.05) is 57.2 Å². The van der Waals surface area contributed by atoms with Crippen LogP contribution in [0.15, 0.2) is 59.8 Å². The summed E-state index contributed by atoms with van der Waals surface area (Å²) in [7, 11) is -3.90. The van der Waals surface area contributed by atoms with Crippen LogP contribution in [0, 0.1) is 31.1 Å². The Bertz CT molecular complexity index is 1580. The highest BCUT2D eigenvalue weighted by molar-refractivity contribution is 7.89. The number of anilines is 2. The first-order valence-electron chi connectivity index (χ1n) is 14.0. The van der Waals surface area contributed by atoms with Gasteiger partial charge < -0.3 is 14.7 Å². The molecular formula is C31H36N6O3S. The number of hydrogen-bond donors (Lipinski definition) is 1. The van der Waals surface area contributed by atoms with Crippen molar-refractivity contribution in [2.75, 3.05) is 49.1 Å². The van der Waals surface area contributed by atoms with Gasteiger partial charge in [0.1, 0.15) is 11.0 Å². The molecule has 0 spiro atoms. The Morgan fingerprint density at radius 1 is 0.976 bits per heavy atom. The SMILES string of the molecule is Cc1cc(C)c(C(=O)N2CCN(c3ccncc3S(N)(=O)=O)CC2)cc1CC1CCN(c2ccccc2C#N)CC1. The third-order valence-corrected chi connectivity index (χ3v) is 9.31. The number of nitrogens with two attached hydrogens (primary N) is 1. The molecule has 0 aliphatic carbocycles. The number of benzene rings is 2. The molecule has 9 nitrogen and oxygen atoms in total. The number of carbonyl (C=O) groups excluding carboxylic acids is 1. The van der Waals surface area contributed by atoms with Crippen LogP contribution in [0.2, 0.25) is 0 Å². The minimum atomic E-state index is -3.90. The fraction of sp³-hybridized carbons (Fsp3) is 0.387. The van der Waals surface area contributed by atoms with Gasteiger partial charge in [0.15, 0.2) is 0 Å². The minimum Gasteiger partial charge on any atom is -0.370 e. The summed E-state index contributed by atoms with van der Waals surface area (Å²) >= 11 is 0. The highest BCUT2D eigenvalue weighted by Gasteiger charge is 2.28. The van der Waals surface area contributed by atoms with Crippen LogP contribution in [0.3, 0.4) is 0 Å². The maximum absolute atomic E-state index is 13.7. The van der Waals surface area contributed by atoms with Gasteiger partial charge in [0.25, 0.3) is 5.91 Å². The maximum atomic E-state index is 13.7. The number of piperidine rings is 1. The Hall–Kier alpha value is -3.94. The van der Waals surface area contributed by atoms with Crippen molar-refractivity contribution in [3.8, 4) is 6.07 Å². The number of primary sulfonamides is 1. The Morgan fingerprint density at radius 2 is 1.66 bits per heavy atom. The third-order valence-electron chi connectivity index (χ3n) is 8.38. The van der Waals surface area contributed by atoms with Crippen LogP contribution in [-0.4, -0.2) is 63.5 Å². The lowest BCUT2D eigenvalue weighted by Gasteiger charge is -2.37. The number of amides is 1. The summed E-state index contributed by atoms with van der Waals surface area (Å²) in [5.41, 5.74) is 6.36. The van der Waals surface area contributed by atoms with Gasteiger partial charge in [-0.1, -0.05) is 18.2 Å². The minimum absolute atomic E-state index is 0.00102. The van der Waals surface area contributed by atoms with Crippen molar-refractivity contribution in [3.63, 3.8) is 0 Å². The Kier molecular flexibility index (Phi) is 8.29. The number of piperazine rings is 1. The van der Waals surface area contributed by atoms with Crippen molar-refractivity contribution in [1.29, 1.82) is 5.26 Å². The molecule has 0 unspecified atom stereocenters. The van der Waals surface area contributed by atoms with Crippen molar-refractivity contribution in [2.24, 2.45) is 11.1 Å². The van der Waals surface area contributed by atoms with Crippen LogP contribution in [-0.2, 0) is 16.4 Å². The molecule has 41 heavy (non-hydrogen) atoms. The monoisotopic (exact) mass is 572 g/mol. The molecule has 0 radical (unpaired) electrons. The van der Waals surface area contributed by atoms with Crippen molar-refractivity contribution in [1.82, 2.24) is 9.88 Å². The number of carbonyl (C=O) groups is 1. The van der Waals surface area contributed by atoms with E-state index >= 15 is 0 Å². The van der Waals surface area contributed by atoms with Crippen molar-refractivity contribution < 1.29 is 13.2 Å². The van der Waals surface area contributed by atoms with E-state index in [-0.39, 0.29) is 10.8 Å². The number of para-hydroxylation sites is 1. The molecule has 5 rings (SSSR count). The van der Waals surface area contributed by atoms with Gasteiger partial charge in [-0.2, -0.15) is 5.26 Å². The van der Waals surface area contributed by atoms with E-state index in [1.165, 1.54) is 17.3 Å². The van der Waals surface area contributed by atoms with E-state index in [4.69, 9.17) is 5.14 Å². The van der Waals surface area contributed by atoms with Crippen LogP contribution in [0.5, 0.6) is 0 Å². The van der Waals surface area contributed by atoms with Crippen LogP contribution >= 0.6 is 0 Å². The number of aryl methyl sites for hydroxylation is 2. The first-order valence-corrected chi connectivity index (χ1v) is 15.6. The molecule has 0 saturated carbocycles. The molecule has 2 N–H and O–H groups in total. The molecule has 2 aliphatic heterocycles. The maximum Gasteiger partial charge on any atom is 0.254 e. The molecule has 3 aromatic rings. The van der Waals surface area contributed by atoms with Gasteiger partial charge in [-0.15, -0.1) is 0 Å². The quantitative estimate of drug-likeness (QED) is 0.478. The lowest BCUT2D eigenvalue weighted by Crippen LogP contribution is -2.49. The number of pyridine rings is 1. The van der Waals surface area contributed by atoms with Gasteiger partial charge in [0.2, 0.25) is 10.0 Å². The van der Waals surface area contributed by atoms with Crippen LogP contribution in [0.25, 0.3) is 0 Å². The van der Waals surface area contributed by atoms with Gasteiger partial charge in [-0.25, -0.2) is 13.6 Å². The molecule has 2 aromatic carbocycles. The van der Waals surface area contributed by atoms with Gasteiger partial charge >= 0.3 is 0 Å². The summed E-state index contributed by atoms with van der Waals surface area (Å²) in [6.07, 6.45) is 5.82. The number of hydrogen-bond acceptors (Lipinski definition) is 7. The smallest absolute Gasteiger partial charge is 0.254 e. The molecule has 2 aliphatic rings. The zero-order chi connectivity index (χ0) is 29.1. The highest BCUT2D eigenvalue weighted by atomic mass is 32.2. The molecular weight excluding hydrogens is 536 g/mol. The topological polar surface area (TPSA) is 124 Å². The van der Waals surface area contributed by atoms with E-state index in [0.29, 0.717) is 37.8 Å². The third kappa shape index (κ3) is 6.21. The lowest BCUT2D eigenvalue weighted by molar-refractivity contribution is 0.0745. The predicted molar refractivity (Wildman–Crippen MR) is 159 cm³/mol. The molecule has 0 atom stereocenters. The van der Waals surface area contributed by atoms with E-state index in [1.54, 1.807) is 12.3 Å². The first-order chi connectivity index (χ1) is 19.7. The Morgan fingerprint density at radius 3 is 2.34 bits per heavy atom. The average molecular weight is 573 g/mol. The van der Waals surface area contributed by atoms with E-state index in [1.807, 2.05) is 41.0 Å². The zero-order valence-electron chi connectivity index (χ0n) is 23.6. The van der Waals surface area contributed by atoms with E-state index < -0.39 is 10.0 Å². The average Bonchev–Trinajstić information content (AvgIpc) is 2.98. The molecule has 1 amide bonds. The van der Waals surface area contributed by atoms with E-state index in [2.05, 4.69) is 35.0 Å². The number of nitriles is 1. The fourth-order valence-corrected chi connectivity index (χ4v) is 6.75. The second-order valence-corrected chi connectivity index (χ2v) is 12.6. The van der Waals surface area contributed by atoms with Gasteiger partial charge in [-0.05, 0) is 80.0 Å². The molecule has 10 heteroatoms. The normalized spacial score (nSPS) is 16.5. The van der Waals surface area contributed by atoms with Gasteiger partial charge in [0.05, 0.1) is 16.9 Å². The molecule has 3 heterocycles. The second-order valence-electron chi connectivity index (χ2n) is 11.0. The summed E-state index contributed by atoms with van der Waals surface area (Å²) in [4.78, 5) is 23.7. The van der Waals surface area contributed by atoms with Gasteiger partial charge in [-0.3, -0.25) is 9.78 Å². The van der Waals surface area contributed by atoms with Crippen LogP contribution < -0.4 is 14.9 Å². The number of sulfonamides is 1.